The van der Waals surface area contributed by atoms with Crippen molar-refractivity contribution in [3.8, 4) is 0 Å². The van der Waals surface area contributed by atoms with E-state index in [4.69, 9.17) is 23.2 Å². The molecule has 0 unspecified atom stereocenters. The van der Waals surface area contributed by atoms with Crippen molar-refractivity contribution in [2.45, 2.75) is 13.3 Å². The van der Waals surface area contributed by atoms with E-state index in [9.17, 15) is 0 Å². The lowest BCUT2D eigenvalue weighted by Gasteiger charge is -2.20. The fourth-order valence-corrected chi connectivity index (χ4v) is 2.03. The molecule has 0 fully saturated rings. The van der Waals surface area contributed by atoms with Crippen molar-refractivity contribution in [2.24, 2.45) is 0 Å². The molecule has 0 saturated heterocycles. The molecule has 94 valence electrons. The van der Waals surface area contributed by atoms with Gasteiger partial charge in [0.15, 0.2) is 10.3 Å². The van der Waals surface area contributed by atoms with Crippen molar-refractivity contribution in [2.75, 3.05) is 11.9 Å². The van der Waals surface area contributed by atoms with Crippen LogP contribution in [0.4, 0.5) is 11.4 Å². The maximum atomic E-state index is 6.03. The lowest BCUT2D eigenvalue weighted by Crippen LogP contribution is -2.11. The number of hydrogen-bond acceptors (Lipinski definition) is 3. The maximum absolute atomic E-state index is 6.03. The molecule has 0 N–H and O–H groups in total. The lowest BCUT2D eigenvalue weighted by atomic mass is 10.1. The van der Waals surface area contributed by atoms with Crippen LogP contribution in [0, 0.1) is 0 Å². The molecule has 1 heterocycles. The molecule has 0 saturated carbocycles. The van der Waals surface area contributed by atoms with E-state index in [1.54, 1.807) is 6.07 Å². The number of hydrogen-bond donors (Lipinski definition) is 0. The van der Waals surface area contributed by atoms with Crippen molar-refractivity contribution in [1.82, 2.24) is 10.2 Å². The normalized spacial score (nSPS) is 10.4. The van der Waals surface area contributed by atoms with Crippen molar-refractivity contribution in [3.63, 3.8) is 0 Å². The van der Waals surface area contributed by atoms with Gasteiger partial charge in [0.05, 0.1) is 5.69 Å². The van der Waals surface area contributed by atoms with E-state index >= 15 is 0 Å². The second-order valence-corrected chi connectivity index (χ2v) is 4.67. The summed E-state index contributed by atoms with van der Waals surface area (Å²) in [6.07, 6.45) is 1.02. The molecule has 0 aliphatic carbocycles. The molecule has 0 aliphatic heterocycles. The molecule has 1 aromatic carbocycles. The molecule has 3 nitrogen and oxygen atoms in total. The van der Waals surface area contributed by atoms with Gasteiger partial charge in [-0.2, -0.15) is 0 Å². The second kappa shape index (κ2) is 5.55. The first kappa shape index (κ1) is 13.1. The molecule has 18 heavy (non-hydrogen) atoms. The predicted molar refractivity (Wildman–Crippen MR) is 75.9 cm³/mol. The summed E-state index contributed by atoms with van der Waals surface area (Å²) in [5.41, 5.74) is 3.06. The molecule has 2 aromatic rings. The van der Waals surface area contributed by atoms with Crippen LogP contribution < -0.4 is 4.90 Å². The summed E-state index contributed by atoms with van der Waals surface area (Å²) in [5, 5.41) is 8.16. The van der Waals surface area contributed by atoms with Crippen LogP contribution in [0.25, 0.3) is 0 Å². The van der Waals surface area contributed by atoms with E-state index in [-0.39, 0.29) is 0 Å². The molecule has 0 radical (unpaired) electrons. The first-order valence-corrected chi connectivity index (χ1v) is 6.38. The standard InChI is InChI=1S/C13H13Cl2N3/c1-3-9-4-6-10(7-5-9)18(2)11-8-12(14)16-17-13(11)15/h4-8H,3H2,1-2H3. The lowest BCUT2D eigenvalue weighted by molar-refractivity contribution is 1.02. The number of nitrogens with zero attached hydrogens (tertiary/aromatic N) is 3. The van der Waals surface area contributed by atoms with Gasteiger partial charge in [-0.3, -0.25) is 0 Å². The van der Waals surface area contributed by atoms with Gasteiger partial charge in [-0.05, 0) is 24.1 Å². The Morgan fingerprint density at radius 2 is 1.78 bits per heavy atom. The fourth-order valence-electron chi connectivity index (χ4n) is 1.67. The summed E-state index contributed by atoms with van der Waals surface area (Å²) in [7, 11) is 1.92. The highest BCUT2D eigenvalue weighted by atomic mass is 35.5. The summed E-state index contributed by atoms with van der Waals surface area (Å²) in [6, 6.07) is 9.98. The fraction of sp³-hybridized carbons (Fsp3) is 0.231. The summed E-state index contributed by atoms with van der Waals surface area (Å²) in [5.74, 6) is 0. The van der Waals surface area contributed by atoms with Gasteiger partial charge in [-0.1, -0.05) is 42.3 Å². The third-order valence-electron chi connectivity index (χ3n) is 2.79. The van der Waals surface area contributed by atoms with Crippen LogP contribution in [0.3, 0.4) is 0 Å². The first-order chi connectivity index (χ1) is 8.61. The van der Waals surface area contributed by atoms with Crippen molar-refractivity contribution in [1.29, 1.82) is 0 Å². The summed E-state index contributed by atoms with van der Waals surface area (Å²) >= 11 is 11.9. The Morgan fingerprint density at radius 1 is 1.11 bits per heavy atom. The average Bonchev–Trinajstić information content (AvgIpc) is 2.41. The van der Waals surface area contributed by atoms with E-state index in [2.05, 4.69) is 29.3 Å². The van der Waals surface area contributed by atoms with E-state index in [1.165, 1.54) is 5.56 Å². The molecule has 0 spiro atoms. The Hall–Kier alpha value is -1.32. The van der Waals surface area contributed by atoms with Crippen LogP contribution in [-0.2, 0) is 6.42 Å². The largest absolute Gasteiger partial charge is 0.342 e. The molecule has 0 amide bonds. The van der Waals surface area contributed by atoms with Gasteiger partial charge >= 0.3 is 0 Å². The van der Waals surface area contributed by atoms with Gasteiger partial charge in [0.2, 0.25) is 0 Å². The van der Waals surface area contributed by atoms with Gasteiger partial charge in [0.25, 0.3) is 0 Å². The van der Waals surface area contributed by atoms with Crippen LogP contribution in [0.1, 0.15) is 12.5 Å². The maximum Gasteiger partial charge on any atom is 0.175 e. The van der Waals surface area contributed by atoms with Gasteiger partial charge in [0, 0.05) is 18.8 Å². The third-order valence-corrected chi connectivity index (χ3v) is 3.25. The summed E-state index contributed by atoms with van der Waals surface area (Å²) in [6.45, 7) is 2.13. The number of anilines is 2. The van der Waals surface area contributed by atoms with Crippen LogP contribution in [0.15, 0.2) is 30.3 Å². The van der Waals surface area contributed by atoms with Crippen molar-refractivity contribution in [3.05, 3.63) is 46.2 Å². The molecule has 0 bridgehead atoms. The number of halogens is 2. The third kappa shape index (κ3) is 2.74. The van der Waals surface area contributed by atoms with Gasteiger partial charge in [-0.15, -0.1) is 10.2 Å². The molecule has 0 atom stereocenters. The molecule has 1 aromatic heterocycles. The number of aromatic nitrogens is 2. The predicted octanol–water partition coefficient (Wildman–Crippen LogP) is 4.11. The van der Waals surface area contributed by atoms with E-state index in [1.807, 2.05) is 24.1 Å². The van der Waals surface area contributed by atoms with Crippen molar-refractivity contribution >= 4 is 34.6 Å². The Labute approximate surface area is 116 Å². The van der Waals surface area contributed by atoms with Crippen molar-refractivity contribution < 1.29 is 0 Å². The van der Waals surface area contributed by atoms with E-state index in [0.717, 1.165) is 17.8 Å². The van der Waals surface area contributed by atoms with Gasteiger partial charge in [-0.25, -0.2) is 0 Å². The minimum atomic E-state index is 0.325. The molecular formula is C13H13Cl2N3. The van der Waals surface area contributed by atoms with Gasteiger partial charge in [0.1, 0.15) is 0 Å². The molecule has 0 aliphatic rings. The van der Waals surface area contributed by atoms with E-state index < -0.39 is 0 Å². The SMILES string of the molecule is CCc1ccc(N(C)c2cc(Cl)nnc2Cl)cc1. The average molecular weight is 282 g/mol. The monoisotopic (exact) mass is 281 g/mol. The molecule has 5 heteroatoms. The number of benzene rings is 1. The quantitative estimate of drug-likeness (QED) is 0.848. The van der Waals surface area contributed by atoms with Crippen LogP contribution in [0.5, 0.6) is 0 Å². The Balaban J connectivity index is 2.34. The minimum Gasteiger partial charge on any atom is -0.342 e. The highest BCUT2D eigenvalue weighted by molar-refractivity contribution is 6.33. The Bertz CT molecular complexity index is 540. The summed E-state index contributed by atoms with van der Waals surface area (Å²) < 4.78 is 0. The zero-order valence-electron chi connectivity index (χ0n) is 10.2. The van der Waals surface area contributed by atoms with Crippen LogP contribution in [-0.4, -0.2) is 17.2 Å². The highest BCUT2D eigenvalue weighted by Crippen LogP contribution is 2.30. The Morgan fingerprint density at radius 3 is 2.39 bits per heavy atom. The number of rotatable bonds is 3. The topological polar surface area (TPSA) is 29.0 Å². The summed E-state index contributed by atoms with van der Waals surface area (Å²) in [4.78, 5) is 1.93. The zero-order chi connectivity index (χ0) is 13.1. The molecular weight excluding hydrogens is 269 g/mol. The zero-order valence-corrected chi connectivity index (χ0v) is 11.7. The van der Waals surface area contributed by atoms with Crippen LogP contribution in [0.2, 0.25) is 10.3 Å². The number of aryl methyl sites for hydroxylation is 1. The second-order valence-electron chi connectivity index (χ2n) is 3.92. The smallest absolute Gasteiger partial charge is 0.175 e. The first-order valence-electron chi connectivity index (χ1n) is 5.63. The molecule has 2 rings (SSSR count). The minimum absolute atomic E-state index is 0.325. The van der Waals surface area contributed by atoms with Crippen LogP contribution >= 0.6 is 23.2 Å². The van der Waals surface area contributed by atoms with Gasteiger partial charge < -0.3 is 4.90 Å². The Kier molecular flexibility index (Phi) is 4.04. The van der Waals surface area contributed by atoms with E-state index in [0.29, 0.717) is 10.3 Å². The highest BCUT2D eigenvalue weighted by Gasteiger charge is 2.10.